The monoisotopic (exact) mass is 120 g/mol. The first-order valence-corrected chi connectivity index (χ1v) is 3.71. The Morgan fingerprint density at radius 2 is 2.56 bits per heavy atom. The molecule has 1 fully saturated rings. The Morgan fingerprint density at radius 1 is 1.67 bits per heavy atom. The molecule has 1 saturated carbocycles. The Balaban J connectivity index is 2.23. The third-order valence-electron chi connectivity index (χ3n) is 2.59. The summed E-state index contributed by atoms with van der Waals surface area (Å²) in [4.78, 5) is 0. The van der Waals surface area contributed by atoms with Gasteiger partial charge in [0, 0.05) is 0 Å². The van der Waals surface area contributed by atoms with Gasteiger partial charge in [0.1, 0.15) is 0 Å². The molecule has 0 heterocycles. The van der Waals surface area contributed by atoms with Crippen LogP contribution >= 0.6 is 0 Å². The molecule has 0 amide bonds. The van der Waals surface area contributed by atoms with E-state index in [2.05, 4.69) is 18.7 Å². The second-order valence-electron chi connectivity index (χ2n) is 3.16. The largest absolute Gasteiger partial charge is 0.102 e. The van der Waals surface area contributed by atoms with Gasteiger partial charge in [0.15, 0.2) is 0 Å². The molecule has 2 rings (SSSR count). The summed E-state index contributed by atoms with van der Waals surface area (Å²) in [6.07, 6.45) is 8.61. The summed E-state index contributed by atoms with van der Waals surface area (Å²) in [5.74, 6) is 1.74. The Hall–Kier alpha value is -0.520. The number of fused-ring (bicyclic) bond motifs is 2. The van der Waals surface area contributed by atoms with E-state index in [0.717, 1.165) is 11.8 Å². The highest BCUT2D eigenvalue weighted by molar-refractivity contribution is 5.23. The molecule has 2 bridgehead atoms. The van der Waals surface area contributed by atoms with Crippen LogP contribution in [0.5, 0.6) is 0 Å². The van der Waals surface area contributed by atoms with Crippen LogP contribution in [0.2, 0.25) is 0 Å². The maximum absolute atomic E-state index is 3.82. The van der Waals surface area contributed by atoms with E-state index in [1.807, 2.05) is 0 Å². The van der Waals surface area contributed by atoms with Gasteiger partial charge in [-0.25, -0.2) is 0 Å². The molecule has 2 aliphatic rings. The minimum absolute atomic E-state index is 0.753. The van der Waals surface area contributed by atoms with Gasteiger partial charge in [-0.15, -0.1) is 6.58 Å². The molecule has 0 N–H and O–H groups in total. The van der Waals surface area contributed by atoms with Crippen LogP contribution in [-0.4, -0.2) is 0 Å². The molecular formula is C9H12. The minimum Gasteiger partial charge on any atom is -0.102 e. The van der Waals surface area contributed by atoms with Crippen molar-refractivity contribution in [3.05, 3.63) is 24.3 Å². The highest BCUT2D eigenvalue weighted by Gasteiger charge is 2.30. The van der Waals surface area contributed by atoms with Crippen molar-refractivity contribution in [2.24, 2.45) is 11.8 Å². The molecule has 0 saturated heterocycles. The number of rotatable bonds is 1. The quantitative estimate of drug-likeness (QED) is 0.466. The van der Waals surface area contributed by atoms with Crippen LogP contribution in [0.25, 0.3) is 0 Å². The van der Waals surface area contributed by atoms with Gasteiger partial charge in [0.2, 0.25) is 0 Å². The average molecular weight is 120 g/mol. The summed E-state index contributed by atoms with van der Waals surface area (Å²) in [6, 6.07) is 0. The summed E-state index contributed by atoms with van der Waals surface area (Å²) in [7, 11) is 0. The standard InChI is InChI=1S/C9H12/c1-2-8-5-7-3-4-9(8)6-7/h2,4,7-8H,1,3,5-6H2. The molecule has 0 aromatic carbocycles. The number of hydrogen-bond donors (Lipinski definition) is 0. The third kappa shape index (κ3) is 0.658. The zero-order valence-electron chi connectivity index (χ0n) is 5.64. The fourth-order valence-corrected chi connectivity index (χ4v) is 2.06. The molecule has 0 aromatic heterocycles. The fraction of sp³-hybridized carbons (Fsp3) is 0.556. The number of allylic oxidation sites excluding steroid dienone is 3. The van der Waals surface area contributed by atoms with E-state index in [-0.39, 0.29) is 0 Å². The SMILES string of the molecule is C=CC1CC2CC=C1C2. The second kappa shape index (κ2) is 1.73. The second-order valence-corrected chi connectivity index (χ2v) is 3.16. The molecule has 2 atom stereocenters. The minimum atomic E-state index is 0.753. The van der Waals surface area contributed by atoms with Crippen LogP contribution in [0, 0.1) is 11.8 Å². The van der Waals surface area contributed by atoms with Gasteiger partial charge in [0.25, 0.3) is 0 Å². The summed E-state index contributed by atoms with van der Waals surface area (Å²) in [5, 5.41) is 0. The molecule has 0 heteroatoms. The van der Waals surface area contributed by atoms with E-state index < -0.39 is 0 Å². The molecule has 2 aliphatic carbocycles. The predicted molar refractivity (Wildman–Crippen MR) is 39.1 cm³/mol. The summed E-state index contributed by atoms with van der Waals surface area (Å²) in [6.45, 7) is 3.82. The van der Waals surface area contributed by atoms with Crippen molar-refractivity contribution < 1.29 is 0 Å². The van der Waals surface area contributed by atoms with Crippen LogP contribution in [0.4, 0.5) is 0 Å². The zero-order valence-corrected chi connectivity index (χ0v) is 5.64. The van der Waals surface area contributed by atoms with Gasteiger partial charge in [-0.05, 0) is 31.1 Å². The molecule has 0 aliphatic heterocycles. The smallest absolute Gasteiger partial charge is 0.00230 e. The van der Waals surface area contributed by atoms with Gasteiger partial charge in [-0.1, -0.05) is 17.7 Å². The van der Waals surface area contributed by atoms with Crippen molar-refractivity contribution in [3.63, 3.8) is 0 Å². The van der Waals surface area contributed by atoms with Crippen LogP contribution in [0.1, 0.15) is 19.3 Å². The molecule has 0 radical (unpaired) electrons. The average Bonchev–Trinajstić information content (AvgIpc) is 2.45. The van der Waals surface area contributed by atoms with Crippen molar-refractivity contribution in [3.8, 4) is 0 Å². The number of hydrogen-bond acceptors (Lipinski definition) is 0. The van der Waals surface area contributed by atoms with E-state index in [9.17, 15) is 0 Å². The summed E-state index contributed by atoms with van der Waals surface area (Å²) >= 11 is 0. The van der Waals surface area contributed by atoms with Crippen molar-refractivity contribution in [1.29, 1.82) is 0 Å². The third-order valence-corrected chi connectivity index (χ3v) is 2.59. The van der Waals surface area contributed by atoms with Crippen molar-refractivity contribution in [2.45, 2.75) is 19.3 Å². The highest BCUT2D eigenvalue weighted by Crippen LogP contribution is 2.44. The van der Waals surface area contributed by atoms with Crippen molar-refractivity contribution in [1.82, 2.24) is 0 Å². The van der Waals surface area contributed by atoms with Gasteiger partial charge in [-0.3, -0.25) is 0 Å². The molecule has 9 heavy (non-hydrogen) atoms. The molecule has 0 spiro atoms. The molecular weight excluding hydrogens is 108 g/mol. The molecule has 48 valence electrons. The fourth-order valence-electron chi connectivity index (χ4n) is 2.06. The van der Waals surface area contributed by atoms with Gasteiger partial charge >= 0.3 is 0 Å². The van der Waals surface area contributed by atoms with Gasteiger partial charge in [0.05, 0.1) is 0 Å². The Morgan fingerprint density at radius 3 is 2.89 bits per heavy atom. The van der Waals surface area contributed by atoms with E-state index in [1.165, 1.54) is 19.3 Å². The van der Waals surface area contributed by atoms with E-state index in [4.69, 9.17) is 0 Å². The summed E-state index contributed by atoms with van der Waals surface area (Å²) < 4.78 is 0. The maximum Gasteiger partial charge on any atom is -0.00230 e. The van der Waals surface area contributed by atoms with Crippen LogP contribution in [0.15, 0.2) is 24.3 Å². The normalized spacial score (nSPS) is 38.9. The lowest BCUT2D eigenvalue weighted by molar-refractivity contribution is 0.538. The molecule has 0 nitrogen and oxygen atoms in total. The topological polar surface area (TPSA) is 0 Å². The van der Waals surface area contributed by atoms with Crippen molar-refractivity contribution >= 4 is 0 Å². The lowest BCUT2D eigenvalue weighted by Crippen LogP contribution is -1.96. The van der Waals surface area contributed by atoms with Crippen LogP contribution in [0.3, 0.4) is 0 Å². The first-order valence-electron chi connectivity index (χ1n) is 3.71. The van der Waals surface area contributed by atoms with E-state index >= 15 is 0 Å². The van der Waals surface area contributed by atoms with E-state index in [0.29, 0.717) is 0 Å². The van der Waals surface area contributed by atoms with E-state index in [1.54, 1.807) is 5.57 Å². The van der Waals surface area contributed by atoms with Crippen LogP contribution in [-0.2, 0) is 0 Å². The lowest BCUT2D eigenvalue weighted by Gasteiger charge is -2.09. The first kappa shape index (κ1) is 5.28. The lowest BCUT2D eigenvalue weighted by atomic mass is 9.96. The zero-order chi connectivity index (χ0) is 6.27. The van der Waals surface area contributed by atoms with Crippen LogP contribution < -0.4 is 0 Å². The van der Waals surface area contributed by atoms with Gasteiger partial charge in [-0.2, -0.15) is 0 Å². The Bertz CT molecular complexity index is 165. The predicted octanol–water partition coefficient (Wildman–Crippen LogP) is 2.53. The van der Waals surface area contributed by atoms with Crippen molar-refractivity contribution in [2.75, 3.05) is 0 Å². The summed E-state index contributed by atoms with van der Waals surface area (Å²) in [5.41, 5.74) is 1.66. The maximum atomic E-state index is 3.82. The molecule has 2 unspecified atom stereocenters. The Kier molecular flexibility index (Phi) is 1.01. The first-order chi connectivity index (χ1) is 4.40. The Labute approximate surface area is 56.3 Å². The van der Waals surface area contributed by atoms with Gasteiger partial charge < -0.3 is 0 Å². The highest BCUT2D eigenvalue weighted by atomic mass is 14.4. The molecule has 0 aromatic rings.